The van der Waals surface area contributed by atoms with Gasteiger partial charge in [-0.3, -0.25) is 4.79 Å². The Kier molecular flexibility index (Phi) is 8.09. The van der Waals surface area contributed by atoms with Gasteiger partial charge in [0.2, 0.25) is 0 Å². The van der Waals surface area contributed by atoms with E-state index in [1.807, 2.05) is 0 Å². The number of carbonyl (C=O) groups excluding carboxylic acids is 1. The van der Waals surface area contributed by atoms with E-state index in [9.17, 15) is 4.79 Å². The van der Waals surface area contributed by atoms with Gasteiger partial charge in [0.15, 0.2) is 6.29 Å². The first-order chi connectivity index (χ1) is 12.7. The van der Waals surface area contributed by atoms with Gasteiger partial charge in [0.25, 0.3) is 0 Å². The Morgan fingerprint density at radius 1 is 0.654 bits per heavy atom. The Bertz CT molecular complexity index is 713. The zero-order chi connectivity index (χ0) is 18.9. The molecular formula is C25H34O. The van der Waals surface area contributed by atoms with E-state index >= 15 is 0 Å². The van der Waals surface area contributed by atoms with Gasteiger partial charge in [0, 0.05) is 5.56 Å². The topological polar surface area (TPSA) is 17.1 Å². The average molecular weight is 351 g/mol. The van der Waals surface area contributed by atoms with Crippen LogP contribution < -0.4 is 0 Å². The second kappa shape index (κ2) is 10.3. The van der Waals surface area contributed by atoms with E-state index in [4.69, 9.17) is 0 Å². The summed E-state index contributed by atoms with van der Waals surface area (Å²) in [5.41, 5.74) is 9.08. The molecule has 0 saturated carbocycles. The summed E-state index contributed by atoms with van der Waals surface area (Å²) >= 11 is 0. The number of carbonyl (C=O) groups is 1. The number of benzene rings is 2. The molecule has 0 aromatic heterocycles. The highest BCUT2D eigenvalue weighted by Gasteiger charge is 2.22. The van der Waals surface area contributed by atoms with E-state index in [0.717, 1.165) is 63.2 Å². The fourth-order valence-electron chi connectivity index (χ4n) is 4.22. The number of hydrogen-bond acceptors (Lipinski definition) is 1. The molecule has 0 aliphatic heterocycles. The predicted octanol–water partition coefficient (Wildman–Crippen LogP) is 6.98. The normalized spacial score (nSPS) is 10.9. The summed E-state index contributed by atoms with van der Waals surface area (Å²) in [5.74, 6) is 0. The summed E-state index contributed by atoms with van der Waals surface area (Å²) in [6.07, 6.45) is 9.81. The van der Waals surface area contributed by atoms with Crippen LogP contribution in [0.3, 0.4) is 0 Å². The highest BCUT2D eigenvalue weighted by molar-refractivity contribution is 5.92. The molecule has 0 aliphatic rings. The molecule has 0 unspecified atom stereocenters. The van der Waals surface area contributed by atoms with Gasteiger partial charge in [-0.05, 0) is 59.1 Å². The fraction of sp³-hybridized carbons (Fsp3) is 0.480. The molecule has 0 fully saturated rings. The molecule has 140 valence electrons. The van der Waals surface area contributed by atoms with Crippen LogP contribution in [-0.4, -0.2) is 6.29 Å². The molecule has 0 bridgehead atoms. The van der Waals surface area contributed by atoms with Crippen molar-refractivity contribution in [3.8, 4) is 11.1 Å². The molecule has 0 amide bonds. The molecule has 0 heterocycles. The van der Waals surface area contributed by atoms with Crippen molar-refractivity contribution in [3.63, 3.8) is 0 Å². The number of hydrogen-bond donors (Lipinski definition) is 0. The first kappa shape index (κ1) is 20.4. The predicted molar refractivity (Wildman–Crippen MR) is 113 cm³/mol. The largest absolute Gasteiger partial charge is 0.298 e. The Morgan fingerprint density at radius 3 is 1.62 bits per heavy atom. The quantitative estimate of drug-likeness (QED) is 0.423. The van der Waals surface area contributed by atoms with Gasteiger partial charge >= 0.3 is 0 Å². The minimum atomic E-state index is 0.949. The summed E-state index contributed by atoms with van der Waals surface area (Å²) < 4.78 is 0. The van der Waals surface area contributed by atoms with Gasteiger partial charge in [-0.1, -0.05) is 83.7 Å². The van der Waals surface area contributed by atoms with Crippen molar-refractivity contribution in [3.05, 3.63) is 58.1 Å². The second-order valence-corrected chi connectivity index (χ2v) is 7.19. The van der Waals surface area contributed by atoms with Crippen molar-refractivity contribution in [1.29, 1.82) is 0 Å². The summed E-state index contributed by atoms with van der Waals surface area (Å²) in [6.45, 7) is 8.97. The van der Waals surface area contributed by atoms with Gasteiger partial charge in [0.1, 0.15) is 0 Å². The van der Waals surface area contributed by atoms with E-state index in [2.05, 4.69) is 58.0 Å². The van der Waals surface area contributed by atoms with E-state index in [1.165, 1.54) is 33.4 Å². The highest BCUT2D eigenvalue weighted by Crippen LogP contribution is 2.37. The lowest BCUT2D eigenvalue weighted by Gasteiger charge is -2.25. The molecule has 26 heavy (non-hydrogen) atoms. The number of rotatable bonds is 10. The zero-order valence-corrected chi connectivity index (χ0v) is 17.0. The monoisotopic (exact) mass is 350 g/mol. The molecule has 0 aliphatic carbocycles. The van der Waals surface area contributed by atoms with Crippen molar-refractivity contribution in [1.82, 2.24) is 0 Å². The van der Waals surface area contributed by atoms with E-state index in [-0.39, 0.29) is 0 Å². The summed E-state index contributed by atoms with van der Waals surface area (Å²) in [5, 5.41) is 0. The van der Waals surface area contributed by atoms with Crippen molar-refractivity contribution in [2.45, 2.75) is 79.1 Å². The van der Waals surface area contributed by atoms with E-state index in [0.29, 0.717) is 0 Å². The minimum Gasteiger partial charge on any atom is -0.298 e. The van der Waals surface area contributed by atoms with Gasteiger partial charge < -0.3 is 0 Å². The van der Waals surface area contributed by atoms with Gasteiger partial charge in [-0.25, -0.2) is 0 Å². The van der Waals surface area contributed by atoms with Gasteiger partial charge in [0.05, 0.1) is 0 Å². The maximum atomic E-state index is 12.3. The van der Waals surface area contributed by atoms with Gasteiger partial charge in [-0.2, -0.15) is 0 Å². The zero-order valence-electron chi connectivity index (χ0n) is 17.0. The Morgan fingerprint density at radius 2 is 1.12 bits per heavy atom. The third kappa shape index (κ3) is 4.26. The van der Waals surface area contributed by atoms with E-state index < -0.39 is 0 Å². The van der Waals surface area contributed by atoms with Crippen LogP contribution in [0.4, 0.5) is 0 Å². The standard InChI is InChI=1S/C25H34O/c1-5-12-20-21(13-6-2)23(15-8-4)25(19-16-10-9-11-17-19)24(18-26)22(20)14-7-3/h9-11,16-18H,5-8,12-15H2,1-4H3. The van der Waals surface area contributed by atoms with Gasteiger partial charge in [-0.15, -0.1) is 0 Å². The van der Waals surface area contributed by atoms with Crippen LogP contribution >= 0.6 is 0 Å². The molecule has 0 spiro atoms. The van der Waals surface area contributed by atoms with E-state index in [1.54, 1.807) is 0 Å². The molecule has 0 radical (unpaired) electrons. The first-order valence-corrected chi connectivity index (χ1v) is 10.4. The molecule has 2 rings (SSSR count). The van der Waals surface area contributed by atoms with Crippen LogP contribution in [0.15, 0.2) is 30.3 Å². The molecule has 1 heteroatoms. The lowest BCUT2D eigenvalue weighted by Crippen LogP contribution is -2.12. The molecular weight excluding hydrogens is 316 g/mol. The molecule has 2 aromatic rings. The molecule has 2 aromatic carbocycles. The Labute approximate surface area is 159 Å². The summed E-state index contributed by atoms with van der Waals surface area (Å²) in [7, 11) is 0. The van der Waals surface area contributed by atoms with Crippen molar-refractivity contribution in [2.24, 2.45) is 0 Å². The molecule has 0 N–H and O–H groups in total. The minimum absolute atomic E-state index is 0.949. The van der Waals surface area contributed by atoms with Crippen LogP contribution in [0, 0.1) is 0 Å². The molecule has 0 saturated heterocycles. The van der Waals surface area contributed by atoms with Crippen molar-refractivity contribution >= 4 is 6.29 Å². The van der Waals surface area contributed by atoms with Crippen molar-refractivity contribution in [2.75, 3.05) is 0 Å². The smallest absolute Gasteiger partial charge is 0.150 e. The van der Waals surface area contributed by atoms with Crippen LogP contribution in [0.25, 0.3) is 11.1 Å². The SMILES string of the molecule is CCCc1c(C=O)c(-c2ccccc2)c(CCC)c(CCC)c1CCC. The third-order valence-electron chi connectivity index (χ3n) is 5.17. The first-order valence-electron chi connectivity index (χ1n) is 10.4. The maximum Gasteiger partial charge on any atom is 0.150 e. The van der Waals surface area contributed by atoms with Crippen LogP contribution in [0.2, 0.25) is 0 Å². The van der Waals surface area contributed by atoms with Crippen molar-refractivity contribution < 1.29 is 4.79 Å². The second-order valence-electron chi connectivity index (χ2n) is 7.19. The maximum absolute atomic E-state index is 12.3. The molecule has 1 nitrogen and oxygen atoms in total. The summed E-state index contributed by atoms with van der Waals surface area (Å²) in [4.78, 5) is 12.3. The summed E-state index contributed by atoms with van der Waals surface area (Å²) in [6, 6.07) is 10.5. The average Bonchev–Trinajstić information content (AvgIpc) is 2.66. The third-order valence-corrected chi connectivity index (χ3v) is 5.17. The fourth-order valence-corrected chi connectivity index (χ4v) is 4.22. The van der Waals surface area contributed by atoms with Crippen LogP contribution in [0.1, 0.15) is 86.0 Å². The molecule has 0 atom stereocenters. The highest BCUT2D eigenvalue weighted by atomic mass is 16.1. The Balaban J connectivity index is 2.92. The van der Waals surface area contributed by atoms with Crippen LogP contribution in [-0.2, 0) is 25.7 Å². The lowest BCUT2D eigenvalue weighted by atomic mass is 9.79. The van der Waals surface area contributed by atoms with Crippen LogP contribution in [0.5, 0.6) is 0 Å². The number of aldehydes is 1. The lowest BCUT2D eigenvalue weighted by molar-refractivity contribution is 0.112. The Hall–Kier alpha value is -1.89.